The number of piperidine rings is 1. The molecule has 2 aromatic rings. The summed E-state index contributed by atoms with van der Waals surface area (Å²) in [6, 6.07) is 10.0. The molecule has 0 spiro atoms. The number of Topliss-reactive ketones (excluding diaryl/α,β-unsaturated/α-hetero) is 1. The Balaban J connectivity index is 1.60. The zero-order chi connectivity index (χ0) is 18.7. The molecule has 0 saturated carbocycles. The summed E-state index contributed by atoms with van der Waals surface area (Å²) in [6.07, 6.45) is 1.30. The van der Waals surface area contributed by atoms with Gasteiger partial charge in [-0.15, -0.1) is 0 Å². The molecule has 1 aliphatic heterocycles. The van der Waals surface area contributed by atoms with Crippen molar-refractivity contribution in [3.05, 3.63) is 41.6 Å². The van der Waals surface area contributed by atoms with Gasteiger partial charge in [-0.3, -0.25) is 9.78 Å². The van der Waals surface area contributed by atoms with Gasteiger partial charge in [0.25, 0.3) is 0 Å². The highest BCUT2D eigenvalue weighted by Gasteiger charge is 2.29. The SMILES string of the molecule is CC(=O)CS(=O)(=O)N1CCC(OCc2cc(C)nc3ccccc23)CC1. The van der Waals surface area contributed by atoms with Crippen molar-refractivity contribution in [1.82, 2.24) is 9.29 Å². The van der Waals surface area contributed by atoms with Gasteiger partial charge >= 0.3 is 0 Å². The fourth-order valence-corrected chi connectivity index (χ4v) is 4.81. The number of para-hydroxylation sites is 1. The molecule has 140 valence electrons. The van der Waals surface area contributed by atoms with E-state index in [4.69, 9.17) is 4.74 Å². The van der Waals surface area contributed by atoms with Crippen molar-refractivity contribution in [2.75, 3.05) is 18.8 Å². The lowest BCUT2D eigenvalue weighted by Gasteiger charge is -2.31. The first-order valence-electron chi connectivity index (χ1n) is 8.79. The number of benzene rings is 1. The van der Waals surface area contributed by atoms with Crippen LogP contribution in [-0.4, -0.2) is 48.4 Å². The average molecular weight is 376 g/mol. The summed E-state index contributed by atoms with van der Waals surface area (Å²) in [7, 11) is -3.49. The Hall–Kier alpha value is -1.83. The second kappa shape index (κ2) is 7.82. The van der Waals surface area contributed by atoms with Crippen molar-refractivity contribution in [2.45, 2.75) is 39.4 Å². The van der Waals surface area contributed by atoms with E-state index in [0.717, 1.165) is 22.2 Å². The van der Waals surface area contributed by atoms with Gasteiger partial charge in [-0.2, -0.15) is 0 Å². The maximum Gasteiger partial charge on any atom is 0.221 e. The van der Waals surface area contributed by atoms with Crippen molar-refractivity contribution < 1.29 is 17.9 Å². The third-order valence-electron chi connectivity index (χ3n) is 4.58. The molecule has 3 rings (SSSR count). The summed E-state index contributed by atoms with van der Waals surface area (Å²) in [5, 5.41) is 1.08. The van der Waals surface area contributed by atoms with Crippen molar-refractivity contribution in [2.24, 2.45) is 0 Å². The summed E-state index contributed by atoms with van der Waals surface area (Å²) in [5.74, 6) is -0.746. The number of carbonyl (C=O) groups excluding carboxylic acids is 1. The molecular formula is C19H24N2O4S. The van der Waals surface area contributed by atoms with E-state index in [2.05, 4.69) is 4.98 Å². The summed E-state index contributed by atoms with van der Waals surface area (Å²) in [6.45, 7) is 4.55. The van der Waals surface area contributed by atoms with Crippen LogP contribution in [0.4, 0.5) is 0 Å². The standard InChI is InChI=1S/C19H24N2O4S/c1-14-11-16(18-5-3-4-6-19(18)20-14)12-25-17-7-9-21(10-8-17)26(23,24)13-15(2)22/h3-6,11,17H,7-10,12-13H2,1-2H3. The predicted molar refractivity (Wildman–Crippen MR) is 100 cm³/mol. The van der Waals surface area contributed by atoms with Crippen molar-refractivity contribution >= 4 is 26.7 Å². The van der Waals surface area contributed by atoms with Crippen molar-refractivity contribution in [3.63, 3.8) is 0 Å². The van der Waals surface area contributed by atoms with Gasteiger partial charge in [-0.1, -0.05) is 18.2 Å². The van der Waals surface area contributed by atoms with Crippen LogP contribution in [0.2, 0.25) is 0 Å². The van der Waals surface area contributed by atoms with Gasteiger partial charge in [0.15, 0.2) is 0 Å². The number of aryl methyl sites for hydroxylation is 1. The number of sulfonamides is 1. The monoisotopic (exact) mass is 376 g/mol. The third-order valence-corrected chi connectivity index (χ3v) is 6.51. The number of hydrogen-bond donors (Lipinski definition) is 0. The molecule has 0 aliphatic carbocycles. The number of carbonyl (C=O) groups is 1. The molecule has 1 fully saturated rings. The fourth-order valence-electron chi connectivity index (χ4n) is 3.35. The Morgan fingerprint density at radius 3 is 2.65 bits per heavy atom. The van der Waals surface area contributed by atoms with Crippen LogP contribution in [0.1, 0.15) is 31.0 Å². The number of hydrogen-bond acceptors (Lipinski definition) is 5. The minimum absolute atomic E-state index is 0.0195. The van der Waals surface area contributed by atoms with Crippen LogP contribution in [0.25, 0.3) is 10.9 Å². The predicted octanol–water partition coefficient (Wildman–Crippen LogP) is 2.44. The van der Waals surface area contributed by atoms with E-state index in [0.29, 0.717) is 32.5 Å². The van der Waals surface area contributed by atoms with Gasteiger partial charge in [-0.05, 0) is 44.4 Å². The summed E-state index contributed by atoms with van der Waals surface area (Å²) >= 11 is 0. The summed E-state index contributed by atoms with van der Waals surface area (Å²) in [5.41, 5.74) is 3.00. The first-order chi connectivity index (χ1) is 12.3. The molecule has 7 heteroatoms. The Bertz CT molecular complexity index is 903. The van der Waals surface area contributed by atoms with E-state index >= 15 is 0 Å². The van der Waals surface area contributed by atoms with Gasteiger partial charge in [0.05, 0.1) is 18.2 Å². The van der Waals surface area contributed by atoms with Crippen LogP contribution in [-0.2, 0) is 26.2 Å². The van der Waals surface area contributed by atoms with Crippen molar-refractivity contribution in [3.8, 4) is 0 Å². The molecular weight excluding hydrogens is 352 g/mol. The van der Waals surface area contributed by atoms with E-state index in [9.17, 15) is 13.2 Å². The molecule has 1 aromatic carbocycles. The number of ketones is 1. The van der Waals surface area contributed by atoms with E-state index < -0.39 is 15.8 Å². The minimum Gasteiger partial charge on any atom is -0.373 e. The first kappa shape index (κ1) is 18.9. The second-order valence-electron chi connectivity index (χ2n) is 6.81. The van der Waals surface area contributed by atoms with Gasteiger partial charge in [-0.25, -0.2) is 12.7 Å². The molecule has 1 aliphatic rings. The third kappa shape index (κ3) is 4.47. The number of nitrogens with zero attached hydrogens (tertiary/aromatic N) is 2. The van der Waals surface area contributed by atoms with Gasteiger partial charge < -0.3 is 4.74 Å². The van der Waals surface area contributed by atoms with E-state index in [1.807, 2.05) is 37.3 Å². The topological polar surface area (TPSA) is 76.6 Å². The molecule has 1 aromatic heterocycles. The highest BCUT2D eigenvalue weighted by Crippen LogP contribution is 2.22. The maximum absolute atomic E-state index is 12.1. The number of aromatic nitrogens is 1. The molecule has 0 unspecified atom stereocenters. The maximum atomic E-state index is 12.1. The van der Waals surface area contributed by atoms with Gasteiger partial charge in [0.2, 0.25) is 10.0 Å². The summed E-state index contributed by atoms with van der Waals surface area (Å²) < 4.78 is 31.7. The van der Waals surface area contributed by atoms with Gasteiger partial charge in [0, 0.05) is 24.2 Å². The van der Waals surface area contributed by atoms with Gasteiger partial charge in [0.1, 0.15) is 11.5 Å². The Morgan fingerprint density at radius 2 is 1.96 bits per heavy atom. The zero-order valence-electron chi connectivity index (χ0n) is 15.1. The van der Waals surface area contributed by atoms with Crippen LogP contribution in [0.5, 0.6) is 0 Å². The van der Waals surface area contributed by atoms with E-state index in [-0.39, 0.29) is 11.9 Å². The molecule has 0 bridgehead atoms. The van der Waals surface area contributed by atoms with Crippen LogP contribution >= 0.6 is 0 Å². The normalized spacial score (nSPS) is 16.8. The molecule has 0 radical (unpaired) electrons. The molecule has 1 saturated heterocycles. The fraction of sp³-hybridized carbons (Fsp3) is 0.474. The molecule has 6 nitrogen and oxygen atoms in total. The number of rotatable bonds is 6. The Morgan fingerprint density at radius 1 is 1.27 bits per heavy atom. The molecule has 0 atom stereocenters. The molecule has 0 N–H and O–H groups in total. The van der Waals surface area contributed by atoms with Crippen molar-refractivity contribution in [1.29, 1.82) is 0 Å². The molecule has 0 amide bonds. The second-order valence-corrected chi connectivity index (χ2v) is 8.78. The van der Waals surface area contributed by atoms with E-state index in [1.54, 1.807) is 0 Å². The Kier molecular flexibility index (Phi) is 5.70. The smallest absolute Gasteiger partial charge is 0.221 e. The van der Waals surface area contributed by atoms with Crippen LogP contribution < -0.4 is 0 Å². The Labute approximate surface area is 154 Å². The molecule has 2 heterocycles. The van der Waals surface area contributed by atoms with E-state index in [1.165, 1.54) is 11.2 Å². The lowest BCUT2D eigenvalue weighted by Crippen LogP contribution is -2.42. The first-order valence-corrected chi connectivity index (χ1v) is 10.4. The van der Waals surface area contributed by atoms with Crippen LogP contribution in [0.3, 0.4) is 0 Å². The zero-order valence-corrected chi connectivity index (χ0v) is 16.0. The minimum atomic E-state index is -3.49. The van der Waals surface area contributed by atoms with Crippen LogP contribution in [0, 0.1) is 6.92 Å². The largest absolute Gasteiger partial charge is 0.373 e. The average Bonchev–Trinajstić information content (AvgIpc) is 2.59. The number of fused-ring (bicyclic) bond motifs is 1. The number of pyridine rings is 1. The highest BCUT2D eigenvalue weighted by molar-refractivity contribution is 7.89. The summed E-state index contributed by atoms with van der Waals surface area (Å²) in [4.78, 5) is 15.7. The van der Waals surface area contributed by atoms with Crippen LogP contribution in [0.15, 0.2) is 30.3 Å². The highest BCUT2D eigenvalue weighted by atomic mass is 32.2. The number of ether oxygens (including phenoxy) is 1. The lowest BCUT2D eigenvalue weighted by atomic mass is 10.1. The molecule has 26 heavy (non-hydrogen) atoms. The lowest BCUT2D eigenvalue weighted by molar-refractivity contribution is -0.114. The quantitative estimate of drug-likeness (QED) is 0.774.